The van der Waals surface area contributed by atoms with Gasteiger partial charge in [0.2, 0.25) is 5.91 Å². The Morgan fingerprint density at radius 3 is 2.25 bits per heavy atom. The number of anilines is 2. The van der Waals surface area contributed by atoms with Crippen molar-refractivity contribution in [3.8, 4) is 0 Å². The monoisotopic (exact) mass is 482 g/mol. The standard InChI is InChI=1S/C28H26N4O4/c29-25(33)19-9-11-24(31-13-4-5-14-31)23(17-19)30-26(34)20-8-10-21-22(16-20)28(36)32(27(21)35)15-12-18-6-2-1-3-7-18/h1-3,6-11,16-17H,4-5,12-15H2,(H2,29,33)(H,30,34). The Kier molecular flexibility index (Phi) is 6.25. The molecule has 3 aromatic carbocycles. The molecule has 4 amide bonds. The van der Waals surface area contributed by atoms with Crippen molar-refractivity contribution in [2.75, 3.05) is 29.9 Å². The van der Waals surface area contributed by atoms with Crippen LogP contribution >= 0.6 is 0 Å². The number of hydrogen-bond acceptors (Lipinski definition) is 5. The Balaban J connectivity index is 1.37. The SMILES string of the molecule is NC(=O)c1ccc(N2CCCC2)c(NC(=O)c2ccc3c(c2)C(=O)N(CCc2ccccc2)C3=O)c1. The van der Waals surface area contributed by atoms with Gasteiger partial charge in [0.05, 0.1) is 22.5 Å². The molecule has 182 valence electrons. The molecule has 2 aliphatic heterocycles. The molecule has 1 saturated heterocycles. The van der Waals surface area contributed by atoms with Gasteiger partial charge in [-0.2, -0.15) is 0 Å². The van der Waals surface area contributed by atoms with Crippen molar-refractivity contribution in [1.29, 1.82) is 0 Å². The van der Waals surface area contributed by atoms with Crippen molar-refractivity contribution in [3.05, 3.63) is 94.5 Å². The van der Waals surface area contributed by atoms with E-state index < -0.39 is 17.7 Å². The lowest BCUT2D eigenvalue weighted by molar-refractivity contribution is 0.0655. The Hall–Kier alpha value is -4.46. The molecule has 5 rings (SSSR count). The first kappa shape index (κ1) is 23.3. The lowest BCUT2D eigenvalue weighted by atomic mass is 10.0. The minimum absolute atomic E-state index is 0.214. The second-order valence-corrected chi connectivity index (χ2v) is 9.00. The first-order chi connectivity index (χ1) is 17.4. The lowest BCUT2D eigenvalue weighted by Gasteiger charge is -2.22. The molecule has 0 bridgehead atoms. The molecular weight excluding hydrogens is 456 g/mol. The van der Waals surface area contributed by atoms with Gasteiger partial charge in [-0.25, -0.2) is 0 Å². The summed E-state index contributed by atoms with van der Waals surface area (Å²) in [4.78, 5) is 54.2. The van der Waals surface area contributed by atoms with Gasteiger partial charge in [-0.15, -0.1) is 0 Å². The number of imide groups is 1. The van der Waals surface area contributed by atoms with Gasteiger partial charge in [0, 0.05) is 30.8 Å². The van der Waals surface area contributed by atoms with E-state index in [2.05, 4.69) is 10.2 Å². The van der Waals surface area contributed by atoms with Crippen molar-refractivity contribution in [2.24, 2.45) is 5.73 Å². The topological polar surface area (TPSA) is 113 Å². The number of amides is 4. The molecule has 0 atom stereocenters. The predicted molar refractivity (Wildman–Crippen MR) is 136 cm³/mol. The Morgan fingerprint density at radius 1 is 0.833 bits per heavy atom. The van der Waals surface area contributed by atoms with Crippen LogP contribution in [0.15, 0.2) is 66.7 Å². The predicted octanol–water partition coefficient (Wildman–Crippen LogP) is 3.48. The van der Waals surface area contributed by atoms with Crippen LogP contribution in [0.3, 0.4) is 0 Å². The van der Waals surface area contributed by atoms with Gasteiger partial charge >= 0.3 is 0 Å². The number of primary amides is 1. The zero-order valence-electron chi connectivity index (χ0n) is 19.7. The van der Waals surface area contributed by atoms with E-state index in [0.717, 1.165) is 37.2 Å². The Bertz CT molecular complexity index is 1360. The lowest BCUT2D eigenvalue weighted by Crippen LogP contribution is -2.31. The summed E-state index contributed by atoms with van der Waals surface area (Å²) in [5.74, 6) is -1.80. The van der Waals surface area contributed by atoms with E-state index in [1.807, 2.05) is 30.3 Å². The molecule has 0 aromatic heterocycles. The van der Waals surface area contributed by atoms with Gasteiger partial charge in [0.25, 0.3) is 17.7 Å². The van der Waals surface area contributed by atoms with Crippen molar-refractivity contribution in [1.82, 2.24) is 4.90 Å². The number of nitrogens with one attached hydrogen (secondary N) is 1. The zero-order valence-corrected chi connectivity index (χ0v) is 19.7. The van der Waals surface area contributed by atoms with Crippen LogP contribution in [0, 0.1) is 0 Å². The average Bonchev–Trinajstić information content (AvgIpc) is 3.50. The van der Waals surface area contributed by atoms with Gasteiger partial charge in [0.15, 0.2) is 0 Å². The summed E-state index contributed by atoms with van der Waals surface area (Å²) >= 11 is 0. The fraction of sp³-hybridized carbons (Fsp3) is 0.214. The molecule has 36 heavy (non-hydrogen) atoms. The third-order valence-corrected chi connectivity index (χ3v) is 6.68. The highest BCUT2D eigenvalue weighted by Gasteiger charge is 2.35. The van der Waals surface area contributed by atoms with E-state index in [1.165, 1.54) is 23.1 Å². The van der Waals surface area contributed by atoms with E-state index in [-0.39, 0.29) is 34.7 Å². The van der Waals surface area contributed by atoms with Gasteiger partial charge in [-0.1, -0.05) is 30.3 Å². The van der Waals surface area contributed by atoms with Crippen LogP contribution in [0.25, 0.3) is 0 Å². The maximum atomic E-state index is 13.2. The van der Waals surface area contributed by atoms with Gasteiger partial charge in [0.1, 0.15) is 0 Å². The van der Waals surface area contributed by atoms with Crippen LogP contribution in [0.5, 0.6) is 0 Å². The van der Waals surface area contributed by atoms with Crippen LogP contribution < -0.4 is 16.0 Å². The molecule has 3 N–H and O–H groups in total. The summed E-state index contributed by atoms with van der Waals surface area (Å²) in [6, 6.07) is 19.2. The number of nitrogens with zero attached hydrogens (tertiary/aromatic N) is 2. The smallest absolute Gasteiger partial charge is 0.261 e. The number of carbonyl (C=O) groups excluding carboxylic acids is 4. The van der Waals surface area contributed by atoms with E-state index in [1.54, 1.807) is 18.2 Å². The van der Waals surface area contributed by atoms with Crippen molar-refractivity contribution in [3.63, 3.8) is 0 Å². The molecule has 2 heterocycles. The minimum Gasteiger partial charge on any atom is -0.370 e. The summed E-state index contributed by atoms with van der Waals surface area (Å²) in [7, 11) is 0. The van der Waals surface area contributed by atoms with Crippen LogP contribution in [0.1, 0.15) is 59.8 Å². The number of fused-ring (bicyclic) bond motifs is 1. The van der Waals surface area contributed by atoms with Crippen molar-refractivity contribution < 1.29 is 19.2 Å². The molecule has 8 nitrogen and oxygen atoms in total. The second-order valence-electron chi connectivity index (χ2n) is 9.00. The highest BCUT2D eigenvalue weighted by molar-refractivity contribution is 6.22. The van der Waals surface area contributed by atoms with Crippen LogP contribution in [-0.4, -0.2) is 48.2 Å². The van der Waals surface area contributed by atoms with E-state index in [4.69, 9.17) is 5.73 Å². The summed E-state index contributed by atoms with van der Waals surface area (Å²) in [5.41, 5.74) is 8.81. The van der Waals surface area contributed by atoms with E-state index in [9.17, 15) is 19.2 Å². The zero-order chi connectivity index (χ0) is 25.2. The van der Waals surface area contributed by atoms with Crippen LogP contribution in [0.2, 0.25) is 0 Å². The summed E-state index contributed by atoms with van der Waals surface area (Å²) in [6.45, 7) is 1.97. The molecular formula is C28H26N4O4. The van der Waals surface area contributed by atoms with Crippen molar-refractivity contribution >= 4 is 35.0 Å². The van der Waals surface area contributed by atoms with Gasteiger partial charge in [-0.3, -0.25) is 24.1 Å². The molecule has 2 aliphatic rings. The number of nitrogens with two attached hydrogens (primary N) is 1. The number of rotatable bonds is 7. The molecule has 0 spiro atoms. The maximum absolute atomic E-state index is 13.2. The molecule has 8 heteroatoms. The van der Waals surface area contributed by atoms with Crippen LogP contribution in [0.4, 0.5) is 11.4 Å². The Morgan fingerprint density at radius 2 is 1.53 bits per heavy atom. The van der Waals surface area contributed by atoms with Gasteiger partial charge in [-0.05, 0) is 61.2 Å². The quantitative estimate of drug-likeness (QED) is 0.501. The molecule has 0 aliphatic carbocycles. The van der Waals surface area contributed by atoms with E-state index in [0.29, 0.717) is 12.1 Å². The second kappa shape index (κ2) is 9.65. The normalized spacial score (nSPS) is 14.8. The summed E-state index contributed by atoms with van der Waals surface area (Å²) in [6.07, 6.45) is 2.65. The number of carbonyl (C=O) groups is 4. The fourth-order valence-electron chi connectivity index (χ4n) is 4.74. The minimum atomic E-state index is -0.587. The number of benzene rings is 3. The first-order valence-corrected chi connectivity index (χ1v) is 12.0. The average molecular weight is 483 g/mol. The third-order valence-electron chi connectivity index (χ3n) is 6.68. The molecule has 0 unspecified atom stereocenters. The third kappa shape index (κ3) is 4.45. The highest BCUT2D eigenvalue weighted by atomic mass is 16.2. The molecule has 3 aromatic rings. The molecule has 1 fully saturated rings. The summed E-state index contributed by atoms with van der Waals surface area (Å²) < 4.78 is 0. The summed E-state index contributed by atoms with van der Waals surface area (Å²) in [5, 5.41) is 2.88. The number of hydrogen-bond donors (Lipinski definition) is 2. The highest BCUT2D eigenvalue weighted by Crippen LogP contribution is 2.31. The Labute approximate surface area is 208 Å². The first-order valence-electron chi connectivity index (χ1n) is 12.0. The molecule has 0 saturated carbocycles. The maximum Gasteiger partial charge on any atom is 0.261 e. The molecule has 0 radical (unpaired) electrons. The van der Waals surface area contributed by atoms with Crippen molar-refractivity contribution in [2.45, 2.75) is 19.3 Å². The van der Waals surface area contributed by atoms with Gasteiger partial charge < -0.3 is 16.0 Å². The largest absolute Gasteiger partial charge is 0.370 e. The fourth-order valence-corrected chi connectivity index (χ4v) is 4.74. The van der Waals surface area contributed by atoms with Crippen LogP contribution in [-0.2, 0) is 6.42 Å². The van der Waals surface area contributed by atoms with E-state index >= 15 is 0 Å².